The predicted molar refractivity (Wildman–Crippen MR) is 76.9 cm³/mol. The summed E-state index contributed by atoms with van der Waals surface area (Å²) in [5.41, 5.74) is -2.01. The molecule has 1 rings (SSSR count). The summed E-state index contributed by atoms with van der Waals surface area (Å²) >= 11 is 0. The molecule has 21 heavy (non-hydrogen) atoms. The number of rotatable bonds is 6. The fourth-order valence-corrected chi connectivity index (χ4v) is 2.62. The quantitative estimate of drug-likeness (QED) is 0.695. The van der Waals surface area contributed by atoms with Gasteiger partial charge < -0.3 is 5.32 Å². The second-order valence-corrected chi connectivity index (χ2v) is 7.11. The summed E-state index contributed by atoms with van der Waals surface area (Å²) in [5, 5.41) is 2.66. The fourth-order valence-electron chi connectivity index (χ4n) is 1.76. The van der Waals surface area contributed by atoms with Crippen LogP contribution in [0.2, 0.25) is 0 Å². The topological polar surface area (TPSA) is 118 Å². The minimum Gasteiger partial charge on any atom is -0.352 e. The molecule has 0 saturated heterocycles. The first-order valence-corrected chi connectivity index (χ1v) is 8.54. The summed E-state index contributed by atoms with van der Waals surface area (Å²) in [5.74, 6) is -0.469. The van der Waals surface area contributed by atoms with E-state index in [0.717, 1.165) is 23.6 Å². The third-order valence-corrected chi connectivity index (χ3v) is 4.00. The maximum atomic E-state index is 11.8. The molecule has 1 amide bonds. The average Bonchev–Trinajstić information content (AvgIpc) is 2.31. The number of nitrogens with zero attached hydrogens (tertiary/aromatic N) is 1. The Balaban J connectivity index is 3.02. The Hall–Kier alpha value is -1.61. The summed E-state index contributed by atoms with van der Waals surface area (Å²) in [6, 6.07) is -0.0720. The number of nitrogens with one attached hydrogen (secondary N) is 2. The first-order chi connectivity index (χ1) is 9.65. The molecular weight excluding hydrogens is 322 g/mol. The van der Waals surface area contributed by atoms with Crippen LogP contribution in [-0.4, -0.2) is 29.9 Å². The van der Waals surface area contributed by atoms with Gasteiger partial charge in [-0.3, -0.25) is 19.1 Å². The van der Waals surface area contributed by atoms with Crippen molar-refractivity contribution in [1.29, 1.82) is 0 Å². The van der Waals surface area contributed by atoms with Crippen LogP contribution in [0.3, 0.4) is 0 Å². The zero-order valence-corrected chi connectivity index (χ0v) is 13.1. The first-order valence-electron chi connectivity index (χ1n) is 6.23. The van der Waals surface area contributed by atoms with E-state index in [0.29, 0.717) is 0 Å². The van der Waals surface area contributed by atoms with Gasteiger partial charge in [0.1, 0.15) is 6.54 Å². The van der Waals surface area contributed by atoms with Crippen LogP contribution >= 0.6 is 10.7 Å². The highest BCUT2D eigenvalue weighted by molar-refractivity contribution is 8.13. The standard InChI is InChI=1S/C11H16ClN3O5S/c1-3-4-7(2)13-9(16)6-15-5-8(21(12,19)20)10(17)14-11(15)18/h5,7H,3-4,6H2,1-2H3,(H,13,16)(H,14,17,18). The molecule has 10 heteroatoms. The minimum atomic E-state index is -4.30. The van der Waals surface area contributed by atoms with E-state index in [1.807, 2.05) is 13.8 Å². The van der Waals surface area contributed by atoms with E-state index in [4.69, 9.17) is 10.7 Å². The van der Waals surface area contributed by atoms with Crippen molar-refractivity contribution < 1.29 is 13.2 Å². The Morgan fingerprint density at radius 3 is 2.62 bits per heavy atom. The molecule has 0 fully saturated rings. The van der Waals surface area contributed by atoms with Crippen LogP contribution < -0.4 is 16.6 Å². The van der Waals surface area contributed by atoms with Crippen LogP contribution in [0.15, 0.2) is 20.7 Å². The van der Waals surface area contributed by atoms with Crippen molar-refractivity contribution >= 4 is 25.6 Å². The molecule has 0 bridgehead atoms. The van der Waals surface area contributed by atoms with Gasteiger partial charge in [0.2, 0.25) is 5.91 Å². The van der Waals surface area contributed by atoms with E-state index in [9.17, 15) is 22.8 Å². The minimum absolute atomic E-state index is 0.0720. The average molecular weight is 338 g/mol. The number of amides is 1. The summed E-state index contributed by atoms with van der Waals surface area (Å²) in [6.45, 7) is 3.36. The number of hydrogen-bond donors (Lipinski definition) is 2. The number of aromatic amines is 1. The highest BCUT2D eigenvalue weighted by Crippen LogP contribution is 2.07. The molecule has 118 valence electrons. The van der Waals surface area contributed by atoms with Crippen molar-refractivity contribution in [3.8, 4) is 0 Å². The number of carbonyl (C=O) groups excluding carboxylic acids is 1. The van der Waals surface area contributed by atoms with Gasteiger partial charge in [0, 0.05) is 22.9 Å². The molecule has 0 aromatic carbocycles. The van der Waals surface area contributed by atoms with E-state index in [2.05, 4.69) is 5.32 Å². The van der Waals surface area contributed by atoms with Crippen molar-refractivity contribution in [2.75, 3.05) is 0 Å². The van der Waals surface area contributed by atoms with Crippen LogP contribution in [0.5, 0.6) is 0 Å². The van der Waals surface area contributed by atoms with Crippen molar-refractivity contribution in [3.63, 3.8) is 0 Å². The highest BCUT2D eigenvalue weighted by Gasteiger charge is 2.18. The molecule has 1 atom stereocenters. The zero-order chi connectivity index (χ0) is 16.2. The van der Waals surface area contributed by atoms with E-state index >= 15 is 0 Å². The molecule has 0 aliphatic carbocycles. The third-order valence-electron chi connectivity index (χ3n) is 2.68. The lowest BCUT2D eigenvalue weighted by atomic mass is 10.2. The Morgan fingerprint density at radius 1 is 1.48 bits per heavy atom. The van der Waals surface area contributed by atoms with Gasteiger partial charge in [0.25, 0.3) is 14.6 Å². The Kier molecular flexibility index (Phi) is 5.73. The molecule has 0 saturated carbocycles. The van der Waals surface area contributed by atoms with E-state index < -0.39 is 37.6 Å². The normalized spacial score (nSPS) is 12.9. The molecule has 0 spiro atoms. The third kappa shape index (κ3) is 5.01. The number of halogens is 1. The van der Waals surface area contributed by atoms with Gasteiger partial charge in [0.15, 0.2) is 4.90 Å². The molecule has 0 radical (unpaired) electrons. The Bertz CT molecular complexity index is 737. The lowest BCUT2D eigenvalue weighted by molar-refractivity contribution is -0.122. The maximum absolute atomic E-state index is 11.8. The lowest BCUT2D eigenvalue weighted by Crippen LogP contribution is -2.39. The van der Waals surface area contributed by atoms with Crippen LogP contribution in [0.25, 0.3) is 0 Å². The SMILES string of the molecule is CCCC(C)NC(=O)Cn1cc(S(=O)(=O)Cl)c(=O)[nH]c1=O. The number of hydrogen-bond acceptors (Lipinski definition) is 5. The van der Waals surface area contributed by atoms with E-state index in [1.54, 1.807) is 4.98 Å². The summed E-state index contributed by atoms with van der Waals surface area (Å²) in [4.78, 5) is 35.7. The van der Waals surface area contributed by atoms with Crippen LogP contribution in [0, 0.1) is 0 Å². The van der Waals surface area contributed by atoms with Crippen LogP contribution in [-0.2, 0) is 20.4 Å². The Labute approximate surface area is 125 Å². The van der Waals surface area contributed by atoms with Crippen molar-refractivity contribution in [2.24, 2.45) is 0 Å². The van der Waals surface area contributed by atoms with Gasteiger partial charge in [0.05, 0.1) is 0 Å². The van der Waals surface area contributed by atoms with Gasteiger partial charge in [-0.1, -0.05) is 13.3 Å². The maximum Gasteiger partial charge on any atom is 0.328 e. The number of aromatic nitrogens is 2. The molecule has 1 unspecified atom stereocenters. The largest absolute Gasteiger partial charge is 0.352 e. The fraction of sp³-hybridized carbons (Fsp3) is 0.545. The van der Waals surface area contributed by atoms with Gasteiger partial charge >= 0.3 is 5.69 Å². The second-order valence-electron chi connectivity index (χ2n) is 4.58. The molecule has 0 aliphatic heterocycles. The smallest absolute Gasteiger partial charge is 0.328 e. The molecule has 1 aromatic rings. The Morgan fingerprint density at radius 2 is 2.10 bits per heavy atom. The molecule has 0 aliphatic rings. The summed E-state index contributed by atoms with van der Waals surface area (Å²) in [6.07, 6.45) is 2.41. The molecule has 1 heterocycles. The molecule has 8 nitrogen and oxygen atoms in total. The van der Waals surface area contributed by atoms with Crippen molar-refractivity contribution in [2.45, 2.75) is 44.2 Å². The van der Waals surface area contributed by atoms with Gasteiger partial charge in [-0.2, -0.15) is 0 Å². The van der Waals surface area contributed by atoms with Crippen molar-refractivity contribution in [1.82, 2.24) is 14.9 Å². The zero-order valence-electron chi connectivity index (χ0n) is 11.6. The molecule has 2 N–H and O–H groups in total. The van der Waals surface area contributed by atoms with Gasteiger partial charge in [-0.05, 0) is 13.3 Å². The second kappa shape index (κ2) is 6.90. The summed E-state index contributed by atoms with van der Waals surface area (Å²) in [7, 11) is 0.783. The number of H-pyrrole nitrogens is 1. The monoisotopic (exact) mass is 337 g/mol. The van der Waals surface area contributed by atoms with Crippen molar-refractivity contribution in [3.05, 3.63) is 27.0 Å². The molecule has 1 aromatic heterocycles. The van der Waals surface area contributed by atoms with Gasteiger partial charge in [-0.25, -0.2) is 13.2 Å². The lowest BCUT2D eigenvalue weighted by Gasteiger charge is -2.13. The summed E-state index contributed by atoms with van der Waals surface area (Å²) < 4.78 is 23.2. The van der Waals surface area contributed by atoms with Crippen LogP contribution in [0.4, 0.5) is 0 Å². The predicted octanol–water partition coefficient (Wildman–Crippen LogP) is -0.231. The van der Waals surface area contributed by atoms with Crippen LogP contribution in [0.1, 0.15) is 26.7 Å². The van der Waals surface area contributed by atoms with E-state index in [1.165, 1.54) is 0 Å². The first kappa shape index (κ1) is 17.4. The highest BCUT2D eigenvalue weighted by atomic mass is 35.7. The molecular formula is C11H16ClN3O5S. The number of carbonyl (C=O) groups is 1. The van der Waals surface area contributed by atoms with Gasteiger partial charge in [-0.15, -0.1) is 0 Å². The van der Waals surface area contributed by atoms with E-state index in [-0.39, 0.29) is 6.04 Å².